The van der Waals surface area contributed by atoms with Crippen LogP contribution in [0.15, 0.2) is 24.3 Å². The van der Waals surface area contributed by atoms with E-state index in [-0.39, 0.29) is 6.10 Å². The van der Waals surface area contributed by atoms with Crippen molar-refractivity contribution in [3.63, 3.8) is 0 Å². The molecule has 1 aliphatic heterocycles. The number of piperidine rings is 1. The molecule has 1 saturated heterocycles. The summed E-state index contributed by atoms with van der Waals surface area (Å²) in [5, 5.41) is 9.89. The van der Waals surface area contributed by atoms with Crippen LogP contribution in [0.5, 0.6) is 0 Å². The average Bonchev–Trinajstić information content (AvgIpc) is 2.74. The van der Waals surface area contributed by atoms with E-state index in [4.69, 9.17) is 14.7 Å². The summed E-state index contributed by atoms with van der Waals surface area (Å²) in [6, 6.07) is 9.77. The number of fused-ring (bicyclic) bond motifs is 1. The summed E-state index contributed by atoms with van der Waals surface area (Å²) in [6.45, 7) is 3.94. The Morgan fingerprint density at radius 3 is 2.55 bits per heavy atom. The van der Waals surface area contributed by atoms with E-state index in [1.165, 1.54) is 12.8 Å². The number of carbonyl (C=O) groups is 1. The number of hydrogen-bond donors (Lipinski definition) is 0. The maximum absolute atomic E-state index is 12.9. The SMILES string of the molecule is C[C@H]1CCCN(c2nc3ccccc3nc2[C@@H](C#N)C(=O)OC2CCCCC2)C1. The number of nitriles is 1. The molecule has 2 aliphatic rings. The van der Waals surface area contributed by atoms with Crippen LogP contribution in [0, 0.1) is 17.2 Å². The fourth-order valence-corrected chi connectivity index (χ4v) is 4.45. The van der Waals surface area contributed by atoms with E-state index in [0.29, 0.717) is 22.9 Å². The lowest BCUT2D eigenvalue weighted by molar-refractivity contribution is -0.150. The highest BCUT2D eigenvalue weighted by molar-refractivity contribution is 5.85. The minimum atomic E-state index is -1.05. The molecule has 6 heteroatoms. The van der Waals surface area contributed by atoms with Crippen molar-refractivity contribution >= 4 is 22.8 Å². The maximum Gasteiger partial charge on any atom is 0.329 e. The van der Waals surface area contributed by atoms with Gasteiger partial charge in [-0.3, -0.25) is 4.79 Å². The van der Waals surface area contributed by atoms with Gasteiger partial charge in [0, 0.05) is 13.1 Å². The molecule has 0 unspecified atom stereocenters. The van der Waals surface area contributed by atoms with Crippen molar-refractivity contribution in [2.24, 2.45) is 5.92 Å². The van der Waals surface area contributed by atoms with Crippen molar-refractivity contribution in [1.29, 1.82) is 5.26 Å². The van der Waals surface area contributed by atoms with Crippen LogP contribution in [0.2, 0.25) is 0 Å². The van der Waals surface area contributed by atoms with E-state index in [1.807, 2.05) is 24.3 Å². The summed E-state index contributed by atoms with van der Waals surface area (Å²) in [6.07, 6.45) is 7.25. The van der Waals surface area contributed by atoms with Crippen LogP contribution in [0.3, 0.4) is 0 Å². The third kappa shape index (κ3) is 4.34. The summed E-state index contributed by atoms with van der Waals surface area (Å²) in [5.74, 6) is -0.349. The molecule has 29 heavy (non-hydrogen) atoms. The Labute approximate surface area is 171 Å². The van der Waals surface area contributed by atoms with Crippen molar-refractivity contribution in [2.45, 2.75) is 63.9 Å². The number of carbonyl (C=O) groups excluding carboxylic acids is 1. The molecular formula is C23H28N4O2. The number of hydrogen-bond acceptors (Lipinski definition) is 6. The lowest BCUT2D eigenvalue weighted by Gasteiger charge is -2.33. The average molecular weight is 393 g/mol. The molecule has 152 valence electrons. The van der Waals surface area contributed by atoms with Gasteiger partial charge < -0.3 is 9.64 Å². The molecule has 0 bridgehead atoms. The first-order valence-electron chi connectivity index (χ1n) is 10.8. The molecule has 1 aromatic carbocycles. The molecule has 2 atom stereocenters. The number of benzene rings is 1. The summed E-state index contributed by atoms with van der Waals surface area (Å²) in [7, 11) is 0. The van der Waals surface area contributed by atoms with Crippen molar-refractivity contribution in [3.05, 3.63) is 30.0 Å². The minimum absolute atomic E-state index is 0.0843. The molecule has 0 amide bonds. The first kappa shape index (κ1) is 19.6. The summed E-state index contributed by atoms with van der Waals surface area (Å²) in [4.78, 5) is 24.7. The molecule has 1 aromatic heterocycles. The minimum Gasteiger partial charge on any atom is -0.461 e. The predicted molar refractivity (Wildman–Crippen MR) is 111 cm³/mol. The largest absolute Gasteiger partial charge is 0.461 e. The zero-order valence-corrected chi connectivity index (χ0v) is 17.0. The molecule has 2 aromatic rings. The Hall–Kier alpha value is -2.68. The summed E-state index contributed by atoms with van der Waals surface area (Å²) >= 11 is 0. The van der Waals surface area contributed by atoms with E-state index in [1.54, 1.807) is 0 Å². The predicted octanol–water partition coefficient (Wildman–Crippen LogP) is 4.35. The number of para-hydroxylation sites is 2. The highest BCUT2D eigenvalue weighted by atomic mass is 16.5. The Morgan fingerprint density at radius 1 is 1.14 bits per heavy atom. The molecule has 1 aliphatic carbocycles. The first-order valence-corrected chi connectivity index (χ1v) is 10.8. The smallest absolute Gasteiger partial charge is 0.329 e. The van der Waals surface area contributed by atoms with Gasteiger partial charge in [-0.1, -0.05) is 25.5 Å². The highest BCUT2D eigenvalue weighted by Crippen LogP contribution is 2.32. The number of anilines is 1. The summed E-state index contributed by atoms with van der Waals surface area (Å²) in [5.41, 5.74) is 1.91. The van der Waals surface area contributed by atoms with Crippen molar-refractivity contribution in [2.75, 3.05) is 18.0 Å². The molecule has 6 nitrogen and oxygen atoms in total. The van der Waals surface area contributed by atoms with Crippen LogP contribution in [0.25, 0.3) is 11.0 Å². The van der Waals surface area contributed by atoms with Crippen LogP contribution in [0.1, 0.15) is 63.5 Å². The van der Waals surface area contributed by atoms with Crippen LogP contribution in [0.4, 0.5) is 5.82 Å². The first-order chi connectivity index (χ1) is 14.2. The van der Waals surface area contributed by atoms with E-state index in [2.05, 4.69) is 17.9 Å². The number of ether oxygens (including phenoxy) is 1. The van der Waals surface area contributed by atoms with E-state index >= 15 is 0 Å². The van der Waals surface area contributed by atoms with E-state index < -0.39 is 11.9 Å². The zero-order chi connectivity index (χ0) is 20.2. The third-order valence-corrected chi connectivity index (χ3v) is 6.01. The van der Waals surface area contributed by atoms with Crippen LogP contribution < -0.4 is 4.90 Å². The van der Waals surface area contributed by atoms with Gasteiger partial charge in [-0.15, -0.1) is 0 Å². The fourth-order valence-electron chi connectivity index (χ4n) is 4.45. The van der Waals surface area contributed by atoms with E-state index in [9.17, 15) is 10.1 Å². The standard InChI is InChI=1S/C23H28N4O2/c1-16-8-7-13-27(15-16)22-21(25-19-11-5-6-12-20(19)26-22)18(14-24)23(28)29-17-9-3-2-4-10-17/h5-6,11-12,16-18H,2-4,7-10,13,15H2,1H3/t16-,18+/m0/s1. The molecule has 2 heterocycles. The monoisotopic (exact) mass is 392 g/mol. The molecule has 2 fully saturated rings. The zero-order valence-electron chi connectivity index (χ0n) is 17.0. The van der Waals surface area contributed by atoms with Gasteiger partial charge in [0.15, 0.2) is 11.7 Å². The van der Waals surface area contributed by atoms with Crippen molar-refractivity contribution < 1.29 is 9.53 Å². The van der Waals surface area contributed by atoms with Crippen molar-refractivity contribution in [1.82, 2.24) is 9.97 Å². The van der Waals surface area contributed by atoms with Gasteiger partial charge in [-0.2, -0.15) is 5.26 Å². The molecule has 0 radical (unpaired) electrons. The number of rotatable bonds is 4. The van der Waals surface area contributed by atoms with Crippen LogP contribution in [-0.2, 0) is 9.53 Å². The molecule has 0 spiro atoms. The third-order valence-electron chi connectivity index (χ3n) is 6.01. The Morgan fingerprint density at radius 2 is 1.86 bits per heavy atom. The van der Waals surface area contributed by atoms with Crippen LogP contribution in [-0.4, -0.2) is 35.1 Å². The maximum atomic E-state index is 12.9. The fraction of sp³-hybridized carbons (Fsp3) is 0.565. The second-order valence-corrected chi connectivity index (χ2v) is 8.37. The van der Waals surface area contributed by atoms with Gasteiger partial charge in [-0.05, 0) is 56.6 Å². The Kier molecular flexibility index (Phi) is 5.94. The number of esters is 1. The van der Waals surface area contributed by atoms with Gasteiger partial charge in [0.25, 0.3) is 0 Å². The van der Waals surface area contributed by atoms with Gasteiger partial charge in [0.1, 0.15) is 11.8 Å². The second-order valence-electron chi connectivity index (χ2n) is 8.37. The quantitative estimate of drug-likeness (QED) is 0.720. The Bertz CT molecular complexity index is 917. The van der Waals surface area contributed by atoms with Gasteiger partial charge in [0.2, 0.25) is 0 Å². The normalized spacial score (nSPS) is 21.5. The van der Waals surface area contributed by atoms with Crippen LogP contribution >= 0.6 is 0 Å². The van der Waals surface area contributed by atoms with E-state index in [0.717, 1.165) is 50.7 Å². The molecule has 4 rings (SSSR count). The lowest BCUT2D eigenvalue weighted by atomic mass is 9.97. The molecular weight excluding hydrogens is 364 g/mol. The molecule has 1 saturated carbocycles. The highest BCUT2D eigenvalue weighted by Gasteiger charge is 2.33. The van der Waals surface area contributed by atoms with Gasteiger partial charge in [-0.25, -0.2) is 9.97 Å². The lowest BCUT2D eigenvalue weighted by Crippen LogP contribution is -2.36. The number of aromatic nitrogens is 2. The Balaban J connectivity index is 1.70. The van der Waals surface area contributed by atoms with Crippen molar-refractivity contribution in [3.8, 4) is 6.07 Å². The second kappa shape index (κ2) is 8.77. The topological polar surface area (TPSA) is 79.1 Å². The van der Waals surface area contributed by atoms with Gasteiger partial charge in [0.05, 0.1) is 17.1 Å². The molecule has 0 N–H and O–H groups in total. The summed E-state index contributed by atoms with van der Waals surface area (Å²) < 4.78 is 5.73. The van der Waals surface area contributed by atoms with Gasteiger partial charge >= 0.3 is 5.97 Å². The number of nitrogens with zero attached hydrogens (tertiary/aromatic N) is 4.